The van der Waals surface area contributed by atoms with Crippen molar-refractivity contribution in [3.05, 3.63) is 6.07 Å². The molecule has 1 saturated heterocycles. The summed E-state index contributed by atoms with van der Waals surface area (Å²) in [5.41, 5.74) is 0. The van der Waals surface area contributed by atoms with Gasteiger partial charge in [-0.1, -0.05) is 11.8 Å². The molecule has 0 aromatic carbocycles. The van der Waals surface area contributed by atoms with Gasteiger partial charge in [0.05, 0.1) is 6.54 Å². The van der Waals surface area contributed by atoms with Crippen molar-refractivity contribution in [1.82, 2.24) is 15.3 Å². The van der Waals surface area contributed by atoms with Gasteiger partial charge in [-0.15, -0.1) is 0 Å². The molecule has 1 aliphatic heterocycles. The number of nitrogens with zero attached hydrogens (tertiary/aromatic N) is 3. The summed E-state index contributed by atoms with van der Waals surface area (Å²) in [5, 5.41) is 6.79. The van der Waals surface area contributed by atoms with Crippen molar-refractivity contribution in [2.75, 3.05) is 42.7 Å². The Morgan fingerprint density at radius 1 is 1.53 bits per heavy atom. The van der Waals surface area contributed by atoms with Crippen LogP contribution in [0.5, 0.6) is 0 Å². The van der Waals surface area contributed by atoms with E-state index >= 15 is 0 Å². The molecular formula is C12H19N5OS. The zero-order valence-electron chi connectivity index (χ0n) is 11.3. The SMILES string of the molecule is CCNc1cc(N2CCCNC(=O)C2)nc(SC)n1. The number of hydrogen-bond donors (Lipinski definition) is 2. The number of nitrogens with one attached hydrogen (secondary N) is 2. The summed E-state index contributed by atoms with van der Waals surface area (Å²) in [6, 6.07) is 1.90. The molecule has 0 atom stereocenters. The molecule has 1 aromatic rings. The van der Waals surface area contributed by atoms with Crippen molar-refractivity contribution in [2.24, 2.45) is 0 Å². The fraction of sp³-hybridized carbons (Fsp3) is 0.583. The van der Waals surface area contributed by atoms with Crippen molar-refractivity contribution in [3.63, 3.8) is 0 Å². The van der Waals surface area contributed by atoms with Crippen LogP contribution in [0.2, 0.25) is 0 Å². The number of carbonyl (C=O) groups excluding carboxylic acids is 1. The molecule has 7 heteroatoms. The average Bonchev–Trinajstić information content (AvgIpc) is 2.63. The van der Waals surface area contributed by atoms with E-state index in [9.17, 15) is 4.79 Å². The highest BCUT2D eigenvalue weighted by atomic mass is 32.2. The highest BCUT2D eigenvalue weighted by Crippen LogP contribution is 2.21. The van der Waals surface area contributed by atoms with Gasteiger partial charge in [-0.2, -0.15) is 0 Å². The highest BCUT2D eigenvalue weighted by Gasteiger charge is 2.17. The summed E-state index contributed by atoms with van der Waals surface area (Å²) in [4.78, 5) is 22.5. The lowest BCUT2D eigenvalue weighted by Crippen LogP contribution is -2.33. The fourth-order valence-electron chi connectivity index (χ4n) is 1.94. The van der Waals surface area contributed by atoms with Gasteiger partial charge < -0.3 is 15.5 Å². The third kappa shape index (κ3) is 3.73. The molecule has 1 aliphatic rings. The molecule has 1 fully saturated rings. The van der Waals surface area contributed by atoms with Gasteiger partial charge in [0.15, 0.2) is 5.16 Å². The minimum atomic E-state index is 0.0480. The number of rotatable bonds is 4. The van der Waals surface area contributed by atoms with Gasteiger partial charge in [0.1, 0.15) is 11.6 Å². The fourth-order valence-corrected chi connectivity index (χ4v) is 2.31. The molecule has 0 aliphatic carbocycles. The van der Waals surface area contributed by atoms with Crippen molar-refractivity contribution in [1.29, 1.82) is 0 Å². The first-order valence-corrected chi connectivity index (χ1v) is 7.64. The first-order valence-electron chi connectivity index (χ1n) is 6.41. The van der Waals surface area contributed by atoms with Crippen LogP contribution in [0.3, 0.4) is 0 Å². The summed E-state index contributed by atoms with van der Waals surface area (Å²) in [6.07, 6.45) is 2.88. The van der Waals surface area contributed by atoms with Crippen LogP contribution in [-0.4, -0.2) is 48.3 Å². The van der Waals surface area contributed by atoms with Crippen molar-refractivity contribution in [2.45, 2.75) is 18.5 Å². The molecule has 2 heterocycles. The number of aromatic nitrogens is 2. The molecule has 19 heavy (non-hydrogen) atoms. The molecule has 104 valence electrons. The maximum Gasteiger partial charge on any atom is 0.239 e. The van der Waals surface area contributed by atoms with Crippen LogP contribution in [0.15, 0.2) is 11.2 Å². The zero-order valence-corrected chi connectivity index (χ0v) is 12.1. The topological polar surface area (TPSA) is 70.2 Å². The second kappa shape index (κ2) is 6.60. The molecule has 0 unspecified atom stereocenters. The van der Waals surface area contributed by atoms with E-state index in [1.807, 2.05) is 24.1 Å². The lowest BCUT2D eigenvalue weighted by molar-refractivity contribution is -0.119. The Kier molecular flexibility index (Phi) is 4.84. The van der Waals surface area contributed by atoms with E-state index in [2.05, 4.69) is 20.6 Å². The van der Waals surface area contributed by atoms with Crippen LogP contribution in [-0.2, 0) is 4.79 Å². The number of anilines is 2. The second-order valence-corrected chi connectivity index (χ2v) is 5.03. The highest BCUT2D eigenvalue weighted by molar-refractivity contribution is 7.98. The summed E-state index contributed by atoms with van der Waals surface area (Å²) in [5.74, 6) is 1.67. The predicted octanol–water partition coefficient (Wildman–Crippen LogP) is 0.957. The zero-order chi connectivity index (χ0) is 13.7. The Balaban J connectivity index is 2.25. The van der Waals surface area contributed by atoms with Gasteiger partial charge >= 0.3 is 0 Å². The van der Waals surface area contributed by atoms with Crippen LogP contribution in [0.4, 0.5) is 11.6 Å². The van der Waals surface area contributed by atoms with E-state index in [0.717, 1.165) is 42.8 Å². The van der Waals surface area contributed by atoms with Crippen molar-refractivity contribution >= 4 is 29.3 Å². The summed E-state index contributed by atoms with van der Waals surface area (Å²) < 4.78 is 0. The van der Waals surface area contributed by atoms with E-state index < -0.39 is 0 Å². The molecule has 0 spiro atoms. The molecule has 0 saturated carbocycles. The summed E-state index contributed by atoms with van der Waals surface area (Å²) in [7, 11) is 0. The standard InChI is InChI=1S/C12H19N5OS/c1-3-13-9-7-10(16-12(15-9)19-2)17-6-4-5-14-11(18)8-17/h7H,3-6,8H2,1-2H3,(H,14,18)(H,13,15,16). The van der Waals surface area contributed by atoms with E-state index in [4.69, 9.17) is 0 Å². The molecular weight excluding hydrogens is 262 g/mol. The lowest BCUT2D eigenvalue weighted by Gasteiger charge is -2.21. The minimum absolute atomic E-state index is 0.0480. The molecule has 1 amide bonds. The minimum Gasteiger partial charge on any atom is -0.370 e. The van der Waals surface area contributed by atoms with Gasteiger partial charge in [0.2, 0.25) is 5.91 Å². The van der Waals surface area contributed by atoms with Crippen LogP contribution < -0.4 is 15.5 Å². The first-order chi connectivity index (χ1) is 9.22. The Labute approximate surface area is 117 Å². The monoisotopic (exact) mass is 281 g/mol. The molecule has 1 aromatic heterocycles. The number of thioether (sulfide) groups is 1. The first kappa shape index (κ1) is 13.9. The third-order valence-corrected chi connectivity index (χ3v) is 3.37. The van der Waals surface area contributed by atoms with Crippen LogP contribution >= 0.6 is 11.8 Å². The molecule has 2 N–H and O–H groups in total. The smallest absolute Gasteiger partial charge is 0.239 e. The average molecular weight is 281 g/mol. The van der Waals surface area contributed by atoms with Gasteiger partial charge in [0, 0.05) is 25.7 Å². The third-order valence-electron chi connectivity index (χ3n) is 2.82. The Hall–Kier alpha value is -1.50. The van der Waals surface area contributed by atoms with Crippen LogP contribution in [0.25, 0.3) is 0 Å². The quantitative estimate of drug-likeness (QED) is 0.633. The molecule has 6 nitrogen and oxygen atoms in total. The summed E-state index contributed by atoms with van der Waals surface area (Å²) >= 11 is 1.50. The molecule has 0 bridgehead atoms. The van der Waals surface area contributed by atoms with Crippen molar-refractivity contribution < 1.29 is 4.79 Å². The number of carbonyl (C=O) groups is 1. The molecule has 2 rings (SSSR count). The lowest BCUT2D eigenvalue weighted by atomic mass is 10.3. The van der Waals surface area contributed by atoms with E-state index in [0.29, 0.717) is 6.54 Å². The number of amides is 1. The van der Waals surface area contributed by atoms with Gasteiger partial charge in [0.25, 0.3) is 0 Å². The van der Waals surface area contributed by atoms with E-state index in [1.165, 1.54) is 11.8 Å². The Morgan fingerprint density at radius 2 is 2.37 bits per heavy atom. The Morgan fingerprint density at radius 3 is 3.11 bits per heavy atom. The van der Waals surface area contributed by atoms with E-state index in [1.54, 1.807) is 0 Å². The summed E-state index contributed by atoms with van der Waals surface area (Å²) in [6.45, 7) is 4.76. The van der Waals surface area contributed by atoms with Gasteiger partial charge in [-0.25, -0.2) is 9.97 Å². The van der Waals surface area contributed by atoms with E-state index in [-0.39, 0.29) is 5.91 Å². The van der Waals surface area contributed by atoms with Crippen molar-refractivity contribution in [3.8, 4) is 0 Å². The van der Waals surface area contributed by atoms with Gasteiger partial charge in [-0.05, 0) is 19.6 Å². The maximum atomic E-state index is 11.6. The normalized spacial score (nSPS) is 15.9. The van der Waals surface area contributed by atoms with Crippen LogP contribution in [0, 0.1) is 0 Å². The largest absolute Gasteiger partial charge is 0.370 e. The number of hydrogen-bond acceptors (Lipinski definition) is 6. The van der Waals surface area contributed by atoms with Gasteiger partial charge in [-0.3, -0.25) is 4.79 Å². The Bertz CT molecular complexity index is 454. The maximum absolute atomic E-state index is 11.6. The predicted molar refractivity (Wildman–Crippen MR) is 77.8 cm³/mol. The molecule has 0 radical (unpaired) electrons. The van der Waals surface area contributed by atoms with Crippen LogP contribution in [0.1, 0.15) is 13.3 Å². The second-order valence-electron chi connectivity index (χ2n) is 4.25.